The average molecular weight is 349 g/mol. The average Bonchev–Trinajstić information content (AvgIpc) is 2.53. The van der Waals surface area contributed by atoms with Gasteiger partial charge in [-0.15, -0.1) is 0 Å². The van der Waals surface area contributed by atoms with Crippen molar-refractivity contribution in [3.8, 4) is 11.5 Å². The van der Waals surface area contributed by atoms with Crippen LogP contribution in [0.5, 0.6) is 11.5 Å². The Morgan fingerprint density at radius 2 is 1.54 bits per heavy atom. The molecule has 0 saturated carbocycles. The Bertz CT molecular complexity index is 806. The maximum atomic E-state index is 12.7. The lowest BCUT2D eigenvalue weighted by Crippen LogP contribution is -2.15. The van der Waals surface area contributed by atoms with E-state index in [2.05, 4.69) is 25.5 Å². The number of anilines is 1. The molecule has 2 aromatic rings. The van der Waals surface area contributed by atoms with Crippen LogP contribution in [0.1, 0.15) is 26.3 Å². The van der Waals surface area contributed by atoms with Crippen LogP contribution in [0.2, 0.25) is 0 Å². The van der Waals surface area contributed by atoms with Gasteiger partial charge in [-0.3, -0.25) is 4.72 Å². The van der Waals surface area contributed by atoms with E-state index in [0.29, 0.717) is 11.4 Å². The largest absolute Gasteiger partial charge is 0.497 e. The van der Waals surface area contributed by atoms with Gasteiger partial charge in [-0.1, -0.05) is 32.9 Å². The molecule has 5 nitrogen and oxygen atoms in total. The van der Waals surface area contributed by atoms with E-state index in [9.17, 15) is 8.42 Å². The van der Waals surface area contributed by atoms with Gasteiger partial charge in [0, 0.05) is 11.8 Å². The molecular weight excluding hydrogens is 326 g/mol. The lowest BCUT2D eigenvalue weighted by atomic mass is 9.87. The summed E-state index contributed by atoms with van der Waals surface area (Å²) >= 11 is 0. The molecule has 2 aromatic carbocycles. The zero-order chi connectivity index (χ0) is 18.0. The Morgan fingerprint density at radius 1 is 0.917 bits per heavy atom. The third-order valence-electron chi connectivity index (χ3n) is 3.66. The maximum Gasteiger partial charge on any atom is 0.265 e. The van der Waals surface area contributed by atoms with E-state index < -0.39 is 10.0 Å². The van der Waals surface area contributed by atoms with Crippen molar-refractivity contribution in [3.05, 3.63) is 48.0 Å². The smallest absolute Gasteiger partial charge is 0.265 e. The molecule has 0 aliphatic heterocycles. The Kier molecular flexibility index (Phi) is 5.08. The van der Waals surface area contributed by atoms with E-state index in [-0.39, 0.29) is 16.1 Å². The second kappa shape index (κ2) is 6.73. The molecule has 2 rings (SSSR count). The molecule has 0 unspecified atom stereocenters. The lowest BCUT2D eigenvalue weighted by molar-refractivity contribution is 0.392. The predicted molar refractivity (Wildman–Crippen MR) is 95.5 cm³/mol. The first-order valence-electron chi connectivity index (χ1n) is 7.53. The molecule has 0 saturated heterocycles. The van der Waals surface area contributed by atoms with Gasteiger partial charge in [-0.25, -0.2) is 8.42 Å². The van der Waals surface area contributed by atoms with E-state index in [1.165, 1.54) is 20.3 Å². The van der Waals surface area contributed by atoms with Gasteiger partial charge < -0.3 is 9.47 Å². The van der Waals surface area contributed by atoms with Gasteiger partial charge in [0.2, 0.25) is 0 Å². The van der Waals surface area contributed by atoms with Crippen LogP contribution in [0.3, 0.4) is 0 Å². The van der Waals surface area contributed by atoms with Crippen molar-refractivity contribution < 1.29 is 17.9 Å². The van der Waals surface area contributed by atoms with Crippen molar-refractivity contribution in [2.45, 2.75) is 31.1 Å². The molecule has 0 amide bonds. The molecule has 24 heavy (non-hydrogen) atoms. The van der Waals surface area contributed by atoms with Crippen molar-refractivity contribution in [3.63, 3.8) is 0 Å². The number of hydrogen-bond donors (Lipinski definition) is 1. The topological polar surface area (TPSA) is 64.6 Å². The summed E-state index contributed by atoms with van der Waals surface area (Å²) in [5.74, 6) is 0.703. The van der Waals surface area contributed by atoms with E-state index in [1.807, 2.05) is 12.1 Å². The zero-order valence-electron chi connectivity index (χ0n) is 14.6. The molecule has 0 bridgehead atoms. The highest BCUT2D eigenvalue weighted by Crippen LogP contribution is 2.30. The first-order chi connectivity index (χ1) is 11.2. The fourth-order valence-corrected chi connectivity index (χ4v) is 3.49. The van der Waals surface area contributed by atoms with Crippen LogP contribution in [0, 0.1) is 0 Å². The molecule has 0 aliphatic carbocycles. The van der Waals surface area contributed by atoms with Crippen LogP contribution < -0.4 is 14.2 Å². The minimum atomic E-state index is -3.79. The molecule has 0 heterocycles. The standard InChI is InChI=1S/C18H23NO4S/c1-18(2,3)13-6-8-14(9-7-13)19-24(20,21)17-12-15(22-4)10-11-16(17)23-5/h6-12,19H,1-5H3. The summed E-state index contributed by atoms with van der Waals surface area (Å²) < 4.78 is 38.2. The highest BCUT2D eigenvalue weighted by atomic mass is 32.2. The Hall–Kier alpha value is -2.21. The van der Waals surface area contributed by atoms with Crippen LogP contribution in [-0.4, -0.2) is 22.6 Å². The van der Waals surface area contributed by atoms with Crippen LogP contribution in [0.15, 0.2) is 47.4 Å². The molecule has 0 fully saturated rings. The molecule has 6 heteroatoms. The second-order valence-corrected chi connectivity index (χ2v) is 8.10. The molecule has 1 N–H and O–H groups in total. The van der Waals surface area contributed by atoms with Crippen molar-refractivity contribution >= 4 is 15.7 Å². The van der Waals surface area contributed by atoms with Crippen molar-refractivity contribution in [2.75, 3.05) is 18.9 Å². The third-order valence-corrected chi connectivity index (χ3v) is 5.07. The summed E-state index contributed by atoms with van der Waals surface area (Å²) in [6.07, 6.45) is 0. The number of ether oxygens (including phenoxy) is 2. The Balaban J connectivity index is 2.35. The summed E-state index contributed by atoms with van der Waals surface area (Å²) in [6.45, 7) is 6.31. The monoisotopic (exact) mass is 349 g/mol. The minimum absolute atomic E-state index is 0.00736. The summed E-state index contributed by atoms with van der Waals surface area (Å²) in [7, 11) is -0.879. The molecule has 0 aromatic heterocycles. The predicted octanol–water partition coefficient (Wildman–Crippen LogP) is 3.80. The van der Waals surface area contributed by atoms with Crippen LogP contribution in [0.4, 0.5) is 5.69 Å². The van der Waals surface area contributed by atoms with Gasteiger partial charge in [-0.2, -0.15) is 0 Å². The number of methoxy groups -OCH3 is 2. The highest BCUT2D eigenvalue weighted by molar-refractivity contribution is 7.92. The van der Waals surface area contributed by atoms with E-state index in [4.69, 9.17) is 9.47 Å². The van der Waals surface area contributed by atoms with Gasteiger partial charge in [0.05, 0.1) is 14.2 Å². The van der Waals surface area contributed by atoms with Gasteiger partial charge >= 0.3 is 0 Å². The first kappa shape index (κ1) is 18.1. The van der Waals surface area contributed by atoms with Gasteiger partial charge in [0.25, 0.3) is 10.0 Å². The van der Waals surface area contributed by atoms with Crippen LogP contribution >= 0.6 is 0 Å². The number of nitrogens with one attached hydrogen (secondary N) is 1. The summed E-state index contributed by atoms with van der Waals surface area (Å²) in [5, 5.41) is 0. The molecule has 0 aliphatic rings. The zero-order valence-corrected chi connectivity index (χ0v) is 15.4. The SMILES string of the molecule is COc1ccc(OC)c(S(=O)(=O)Nc2ccc(C(C)(C)C)cc2)c1. The molecule has 0 spiro atoms. The van der Waals surface area contributed by atoms with Crippen molar-refractivity contribution in [1.29, 1.82) is 0 Å². The van der Waals surface area contributed by atoms with Crippen LogP contribution in [0.25, 0.3) is 0 Å². The Labute approximate surface area is 143 Å². The molecular formula is C18H23NO4S. The van der Waals surface area contributed by atoms with Crippen LogP contribution in [-0.2, 0) is 15.4 Å². The third kappa shape index (κ3) is 4.00. The molecule has 130 valence electrons. The summed E-state index contributed by atoms with van der Waals surface area (Å²) in [5.41, 5.74) is 1.63. The molecule has 0 atom stereocenters. The second-order valence-electron chi connectivity index (χ2n) is 6.45. The summed E-state index contributed by atoms with van der Waals surface area (Å²) in [4.78, 5) is 0.0317. The molecule has 0 radical (unpaired) electrons. The van der Waals surface area contributed by atoms with Gasteiger partial charge in [0.1, 0.15) is 16.4 Å². The lowest BCUT2D eigenvalue weighted by Gasteiger charge is -2.19. The van der Waals surface area contributed by atoms with E-state index in [1.54, 1.807) is 24.3 Å². The number of benzene rings is 2. The maximum absolute atomic E-state index is 12.7. The number of hydrogen-bond acceptors (Lipinski definition) is 4. The highest BCUT2D eigenvalue weighted by Gasteiger charge is 2.21. The van der Waals surface area contributed by atoms with E-state index >= 15 is 0 Å². The minimum Gasteiger partial charge on any atom is -0.497 e. The van der Waals surface area contributed by atoms with Gasteiger partial charge in [-0.05, 0) is 35.2 Å². The van der Waals surface area contributed by atoms with Crippen molar-refractivity contribution in [1.82, 2.24) is 0 Å². The fraction of sp³-hybridized carbons (Fsp3) is 0.333. The van der Waals surface area contributed by atoms with Crippen molar-refractivity contribution in [2.24, 2.45) is 0 Å². The summed E-state index contributed by atoms with van der Waals surface area (Å²) in [6, 6.07) is 12.0. The quantitative estimate of drug-likeness (QED) is 0.892. The van der Waals surface area contributed by atoms with E-state index in [0.717, 1.165) is 5.56 Å². The first-order valence-corrected chi connectivity index (χ1v) is 9.01. The number of rotatable bonds is 5. The van der Waals surface area contributed by atoms with Gasteiger partial charge in [0.15, 0.2) is 0 Å². The fourth-order valence-electron chi connectivity index (χ4n) is 2.24. The normalized spacial score (nSPS) is 11.9. The number of sulfonamides is 1. The Morgan fingerprint density at radius 3 is 2.04 bits per heavy atom.